The number of benzene rings is 1. The van der Waals surface area contributed by atoms with Crippen LogP contribution in [0.5, 0.6) is 5.75 Å². The first-order valence-corrected chi connectivity index (χ1v) is 11.1. The third kappa shape index (κ3) is 3.59. The SMILES string of the molecule is COc1cccc(NC(=O)Cn2nc3n(CC4CCCO4)c(=O)c4sccc4n3c2=O)c1. The second kappa shape index (κ2) is 8.24. The molecule has 1 aromatic carbocycles. The predicted molar refractivity (Wildman–Crippen MR) is 120 cm³/mol. The number of hydrogen-bond donors (Lipinski definition) is 1. The van der Waals surface area contributed by atoms with E-state index in [1.54, 1.807) is 42.8 Å². The lowest BCUT2D eigenvalue weighted by Crippen LogP contribution is -2.30. The highest BCUT2D eigenvalue weighted by Gasteiger charge is 2.23. The lowest BCUT2D eigenvalue weighted by molar-refractivity contribution is -0.117. The molecule has 0 bridgehead atoms. The van der Waals surface area contributed by atoms with Crippen LogP contribution in [-0.4, -0.2) is 44.5 Å². The van der Waals surface area contributed by atoms with Crippen molar-refractivity contribution in [3.8, 4) is 5.75 Å². The van der Waals surface area contributed by atoms with E-state index in [4.69, 9.17) is 9.47 Å². The van der Waals surface area contributed by atoms with E-state index in [1.165, 1.54) is 20.3 Å². The number of rotatable bonds is 6. The number of carbonyl (C=O) groups is 1. The second-order valence-corrected chi connectivity index (χ2v) is 8.46. The number of aromatic nitrogens is 4. The molecule has 4 heterocycles. The van der Waals surface area contributed by atoms with Crippen molar-refractivity contribution in [1.29, 1.82) is 0 Å². The molecule has 4 aromatic rings. The molecule has 0 aliphatic carbocycles. The van der Waals surface area contributed by atoms with E-state index in [1.807, 2.05) is 0 Å². The van der Waals surface area contributed by atoms with Gasteiger partial charge in [0.15, 0.2) is 0 Å². The largest absolute Gasteiger partial charge is 0.497 e. The van der Waals surface area contributed by atoms with Crippen molar-refractivity contribution >= 4 is 38.9 Å². The van der Waals surface area contributed by atoms with Gasteiger partial charge in [-0.2, -0.15) is 0 Å². The Morgan fingerprint density at radius 3 is 3.00 bits per heavy atom. The number of hydrogen-bond acceptors (Lipinski definition) is 7. The highest BCUT2D eigenvalue weighted by molar-refractivity contribution is 7.17. The van der Waals surface area contributed by atoms with Crippen molar-refractivity contribution in [2.45, 2.75) is 32.0 Å². The van der Waals surface area contributed by atoms with Crippen LogP contribution in [0.4, 0.5) is 5.69 Å². The smallest absolute Gasteiger partial charge is 0.352 e. The average molecular weight is 455 g/mol. The minimum absolute atomic E-state index is 0.106. The normalized spacial score (nSPS) is 16.1. The van der Waals surface area contributed by atoms with Gasteiger partial charge in [0.2, 0.25) is 11.7 Å². The number of nitrogens with zero attached hydrogens (tertiary/aromatic N) is 4. The summed E-state index contributed by atoms with van der Waals surface area (Å²) in [5, 5.41) is 8.86. The number of amides is 1. The fraction of sp³-hybridized carbons (Fsp3) is 0.333. The van der Waals surface area contributed by atoms with E-state index in [0.29, 0.717) is 34.8 Å². The van der Waals surface area contributed by atoms with Crippen LogP contribution in [-0.2, 0) is 22.6 Å². The molecule has 0 spiro atoms. The summed E-state index contributed by atoms with van der Waals surface area (Å²) in [6.45, 7) is 0.669. The molecule has 3 aromatic heterocycles. The Morgan fingerprint density at radius 2 is 2.22 bits per heavy atom. The monoisotopic (exact) mass is 455 g/mol. The van der Waals surface area contributed by atoms with Gasteiger partial charge in [-0.3, -0.25) is 14.2 Å². The van der Waals surface area contributed by atoms with Gasteiger partial charge < -0.3 is 14.8 Å². The average Bonchev–Trinajstić information content (AvgIpc) is 3.53. The molecule has 11 heteroatoms. The molecule has 32 heavy (non-hydrogen) atoms. The molecule has 1 aliphatic heterocycles. The van der Waals surface area contributed by atoms with Gasteiger partial charge in [0.25, 0.3) is 5.56 Å². The van der Waals surface area contributed by atoms with Crippen LogP contribution in [0.1, 0.15) is 12.8 Å². The third-order valence-electron chi connectivity index (χ3n) is 5.45. The van der Waals surface area contributed by atoms with Gasteiger partial charge >= 0.3 is 5.69 Å². The zero-order valence-electron chi connectivity index (χ0n) is 17.3. The second-order valence-electron chi connectivity index (χ2n) is 7.54. The summed E-state index contributed by atoms with van der Waals surface area (Å²) in [4.78, 5) is 38.9. The summed E-state index contributed by atoms with van der Waals surface area (Å²) in [5.41, 5.74) is 0.339. The number of thiophene rings is 1. The number of nitrogens with one attached hydrogen (secondary N) is 1. The maximum atomic E-state index is 13.2. The summed E-state index contributed by atoms with van der Waals surface area (Å²) in [5.74, 6) is 0.389. The molecule has 1 saturated heterocycles. The van der Waals surface area contributed by atoms with Gasteiger partial charge in [0, 0.05) is 18.4 Å². The van der Waals surface area contributed by atoms with Gasteiger partial charge in [-0.25, -0.2) is 13.9 Å². The van der Waals surface area contributed by atoms with Crippen LogP contribution in [0.25, 0.3) is 16.0 Å². The van der Waals surface area contributed by atoms with Crippen molar-refractivity contribution in [3.63, 3.8) is 0 Å². The standard InChI is InChI=1S/C21H21N5O5S/c1-30-14-5-2-4-13(10-14)22-17(27)12-25-21(29)26-16-7-9-32-18(16)19(28)24(20(26)23-25)11-15-6-3-8-31-15/h2,4-5,7,9-10,15H,3,6,8,11-12H2,1H3,(H,22,27). The van der Waals surface area contributed by atoms with Gasteiger partial charge in [-0.15, -0.1) is 16.4 Å². The summed E-state index contributed by atoms with van der Waals surface area (Å²) in [6.07, 6.45) is 1.67. The van der Waals surface area contributed by atoms with Gasteiger partial charge in [0.05, 0.1) is 25.3 Å². The maximum Gasteiger partial charge on any atom is 0.352 e. The quantitative estimate of drug-likeness (QED) is 0.474. The molecule has 5 rings (SSSR count). The molecule has 0 radical (unpaired) electrons. The van der Waals surface area contributed by atoms with Crippen molar-refractivity contribution in [2.24, 2.45) is 0 Å². The van der Waals surface area contributed by atoms with Crippen molar-refractivity contribution in [3.05, 3.63) is 56.5 Å². The molecule has 1 aliphatic rings. The molecule has 1 unspecified atom stereocenters. The fourth-order valence-corrected chi connectivity index (χ4v) is 4.75. The Morgan fingerprint density at radius 1 is 1.34 bits per heavy atom. The van der Waals surface area contributed by atoms with E-state index in [2.05, 4.69) is 10.4 Å². The Labute approximate surface area is 185 Å². The molecule has 1 amide bonds. The number of fused-ring (bicyclic) bond motifs is 3. The number of carbonyl (C=O) groups excluding carboxylic acids is 1. The fourth-order valence-electron chi connectivity index (χ4n) is 3.93. The highest BCUT2D eigenvalue weighted by atomic mass is 32.1. The summed E-state index contributed by atoms with van der Waals surface area (Å²) >= 11 is 1.28. The molecule has 0 saturated carbocycles. The number of methoxy groups -OCH3 is 1. The third-order valence-corrected chi connectivity index (χ3v) is 6.34. The first kappa shape index (κ1) is 20.5. The molecule has 1 N–H and O–H groups in total. The lowest BCUT2D eigenvalue weighted by atomic mass is 10.2. The maximum absolute atomic E-state index is 13.2. The van der Waals surface area contributed by atoms with Crippen molar-refractivity contribution in [2.75, 3.05) is 19.0 Å². The minimum atomic E-state index is -0.481. The Kier molecular flexibility index (Phi) is 5.27. The molecular formula is C21H21N5O5S. The topological polar surface area (TPSA) is 109 Å². The van der Waals surface area contributed by atoms with Crippen LogP contribution in [0.3, 0.4) is 0 Å². The summed E-state index contributed by atoms with van der Waals surface area (Å²) in [6, 6.07) is 8.64. The lowest BCUT2D eigenvalue weighted by Gasteiger charge is -2.12. The van der Waals surface area contributed by atoms with Crippen LogP contribution < -0.4 is 21.3 Å². The van der Waals surface area contributed by atoms with Gasteiger partial charge in [-0.1, -0.05) is 6.07 Å². The van der Waals surface area contributed by atoms with E-state index in [0.717, 1.165) is 17.5 Å². The van der Waals surface area contributed by atoms with Crippen LogP contribution >= 0.6 is 11.3 Å². The molecule has 1 fully saturated rings. The Balaban J connectivity index is 1.52. The summed E-state index contributed by atoms with van der Waals surface area (Å²) < 4.78 is 15.3. The summed E-state index contributed by atoms with van der Waals surface area (Å²) in [7, 11) is 1.54. The van der Waals surface area contributed by atoms with Crippen molar-refractivity contribution < 1.29 is 14.3 Å². The molecular weight excluding hydrogens is 434 g/mol. The van der Waals surface area contributed by atoms with E-state index in [9.17, 15) is 14.4 Å². The van der Waals surface area contributed by atoms with Crippen LogP contribution in [0.2, 0.25) is 0 Å². The Hall–Kier alpha value is -3.44. The minimum Gasteiger partial charge on any atom is -0.497 e. The molecule has 1 atom stereocenters. The van der Waals surface area contributed by atoms with E-state index in [-0.39, 0.29) is 24.0 Å². The molecule has 166 valence electrons. The van der Waals surface area contributed by atoms with Gasteiger partial charge in [-0.05, 0) is 36.4 Å². The first-order chi connectivity index (χ1) is 15.5. The number of ether oxygens (including phenoxy) is 2. The van der Waals surface area contributed by atoms with Gasteiger partial charge in [0.1, 0.15) is 17.0 Å². The van der Waals surface area contributed by atoms with E-state index >= 15 is 0 Å². The Bertz CT molecular complexity index is 1430. The van der Waals surface area contributed by atoms with Crippen LogP contribution in [0, 0.1) is 0 Å². The zero-order chi connectivity index (χ0) is 22.2. The molecule has 10 nitrogen and oxygen atoms in total. The predicted octanol–water partition coefficient (Wildman–Crippen LogP) is 1.70. The van der Waals surface area contributed by atoms with Crippen LogP contribution in [0.15, 0.2) is 45.3 Å². The first-order valence-electron chi connectivity index (χ1n) is 10.2. The van der Waals surface area contributed by atoms with E-state index < -0.39 is 11.6 Å². The highest BCUT2D eigenvalue weighted by Crippen LogP contribution is 2.20. The zero-order valence-corrected chi connectivity index (χ0v) is 18.1. The van der Waals surface area contributed by atoms with Crippen molar-refractivity contribution in [1.82, 2.24) is 18.7 Å². The number of anilines is 1.